The van der Waals surface area contributed by atoms with Gasteiger partial charge in [0.1, 0.15) is 12.4 Å². The van der Waals surface area contributed by atoms with Crippen LogP contribution in [0, 0.1) is 0 Å². The van der Waals surface area contributed by atoms with E-state index < -0.39 is 13.0 Å². The topological polar surface area (TPSA) is 21.3 Å². The van der Waals surface area contributed by atoms with E-state index in [1.54, 1.807) is 6.07 Å². The highest BCUT2D eigenvalue weighted by molar-refractivity contribution is 6.35. The van der Waals surface area contributed by atoms with Crippen LogP contribution in [0.5, 0.6) is 5.75 Å². The average molecular weight is 298 g/mol. The lowest BCUT2D eigenvalue weighted by molar-refractivity contribution is 0.0814. The predicted octanol–water partition coefficient (Wildman–Crippen LogP) is 4.14. The standard InChI is InChI=1S/C12H15Cl2F2NO/c1-7(2)17-5-8-3-9(13)4-10(14)12(8)18-6-11(15)16/h3-4,7,11,17H,5-6H2,1-2H3. The van der Waals surface area contributed by atoms with Crippen molar-refractivity contribution in [3.8, 4) is 5.75 Å². The van der Waals surface area contributed by atoms with E-state index in [0.717, 1.165) is 0 Å². The van der Waals surface area contributed by atoms with Crippen molar-refractivity contribution in [1.82, 2.24) is 5.32 Å². The van der Waals surface area contributed by atoms with Crippen molar-refractivity contribution in [2.24, 2.45) is 0 Å². The maximum Gasteiger partial charge on any atom is 0.272 e. The van der Waals surface area contributed by atoms with E-state index in [9.17, 15) is 8.78 Å². The van der Waals surface area contributed by atoms with Gasteiger partial charge in [-0.2, -0.15) is 0 Å². The number of benzene rings is 1. The van der Waals surface area contributed by atoms with Gasteiger partial charge in [-0.1, -0.05) is 37.0 Å². The van der Waals surface area contributed by atoms with Crippen LogP contribution in [0.2, 0.25) is 10.0 Å². The fourth-order valence-corrected chi connectivity index (χ4v) is 1.96. The van der Waals surface area contributed by atoms with Crippen LogP contribution in [0.1, 0.15) is 19.4 Å². The Balaban J connectivity index is 2.89. The number of alkyl halides is 2. The van der Waals surface area contributed by atoms with Crippen molar-refractivity contribution in [2.45, 2.75) is 32.9 Å². The van der Waals surface area contributed by atoms with E-state index in [1.165, 1.54) is 6.07 Å². The molecule has 1 rings (SSSR count). The van der Waals surface area contributed by atoms with Crippen molar-refractivity contribution in [2.75, 3.05) is 6.61 Å². The first-order valence-electron chi connectivity index (χ1n) is 5.52. The summed E-state index contributed by atoms with van der Waals surface area (Å²) in [5.74, 6) is 0.259. The Morgan fingerprint density at radius 2 is 1.94 bits per heavy atom. The fourth-order valence-electron chi connectivity index (χ4n) is 1.37. The number of hydrogen-bond acceptors (Lipinski definition) is 2. The molecule has 1 aromatic rings. The number of halogens is 4. The van der Waals surface area contributed by atoms with Crippen LogP contribution in [0.15, 0.2) is 12.1 Å². The van der Waals surface area contributed by atoms with Crippen LogP contribution >= 0.6 is 23.2 Å². The molecule has 0 atom stereocenters. The second kappa shape index (κ2) is 7.12. The Kier molecular flexibility index (Phi) is 6.12. The third kappa shape index (κ3) is 4.96. The maximum atomic E-state index is 12.2. The molecule has 18 heavy (non-hydrogen) atoms. The molecule has 0 unspecified atom stereocenters. The molecule has 1 N–H and O–H groups in total. The molecular weight excluding hydrogens is 283 g/mol. The SMILES string of the molecule is CC(C)NCc1cc(Cl)cc(Cl)c1OCC(F)F. The lowest BCUT2D eigenvalue weighted by Crippen LogP contribution is -2.22. The fraction of sp³-hybridized carbons (Fsp3) is 0.500. The molecule has 0 aliphatic rings. The molecule has 2 nitrogen and oxygen atoms in total. The van der Waals surface area contributed by atoms with Crippen LogP contribution in [0.4, 0.5) is 8.78 Å². The van der Waals surface area contributed by atoms with Crippen molar-refractivity contribution in [3.05, 3.63) is 27.7 Å². The zero-order chi connectivity index (χ0) is 13.7. The molecule has 0 amide bonds. The van der Waals surface area contributed by atoms with Gasteiger partial charge in [0.05, 0.1) is 5.02 Å². The molecule has 0 aliphatic carbocycles. The summed E-state index contributed by atoms with van der Waals surface area (Å²) in [4.78, 5) is 0. The average Bonchev–Trinajstić information content (AvgIpc) is 2.24. The third-order valence-electron chi connectivity index (χ3n) is 2.14. The normalized spacial score (nSPS) is 11.3. The summed E-state index contributed by atoms with van der Waals surface area (Å²) in [6, 6.07) is 3.39. The van der Waals surface area contributed by atoms with Gasteiger partial charge in [0, 0.05) is 23.2 Å². The summed E-state index contributed by atoms with van der Waals surface area (Å²) in [6.45, 7) is 3.73. The first kappa shape index (κ1) is 15.5. The van der Waals surface area contributed by atoms with Gasteiger partial charge < -0.3 is 10.1 Å². The largest absolute Gasteiger partial charge is 0.486 e. The predicted molar refractivity (Wildman–Crippen MR) is 69.9 cm³/mol. The van der Waals surface area contributed by atoms with Crippen molar-refractivity contribution >= 4 is 23.2 Å². The minimum atomic E-state index is -2.54. The molecule has 0 radical (unpaired) electrons. The second-order valence-electron chi connectivity index (χ2n) is 4.11. The van der Waals surface area contributed by atoms with E-state index >= 15 is 0 Å². The molecule has 0 aliphatic heterocycles. The minimum absolute atomic E-state index is 0.240. The Morgan fingerprint density at radius 1 is 1.28 bits per heavy atom. The molecule has 0 fully saturated rings. The summed E-state index contributed by atoms with van der Waals surface area (Å²) >= 11 is 11.8. The van der Waals surface area contributed by atoms with Crippen LogP contribution in [0.3, 0.4) is 0 Å². The highest BCUT2D eigenvalue weighted by Gasteiger charge is 2.13. The smallest absolute Gasteiger partial charge is 0.272 e. The summed E-state index contributed by atoms with van der Waals surface area (Å²) in [5, 5.41) is 3.85. The van der Waals surface area contributed by atoms with Gasteiger partial charge in [-0.15, -0.1) is 0 Å². The van der Waals surface area contributed by atoms with Gasteiger partial charge in [-0.3, -0.25) is 0 Å². The zero-order valence-electron chi connectivity index (χ0n) is 10.1. The van der Waals surface area contributed by atoms with Gasteiger partial charge in [-0.25, -0.2) is 8.78 Å². The summed E-state index contributed by atoms with van der Waals surface area (Å²) in [6.07, 6.45) is -2.54. The monoisotopic (exact) mass is 297 g/mol. The van der Waals surface area contributed by atoms with Crippen molar-refractivity contribution < 1.29 is 13.5 Å². The van der Waals surface area contributed by atoms with Crippen LogP contribution in [-0.4, -0.2) is 19.1 Å². The summed E-state index contributed by atoms with van der Waals surface area (Å²) in [5.41, 5.74) is 0.668. The molecule has 0 bridgehead atoms. The molecule has 1 aromatic carbocycles. The van der Waals surface area contributed by atoms with Gasteiger partial charge in [0.25, 0.3) is 6.43 Å². The molecule has 102 valence electrons. The minimum Gasteiger partial charge on any atom is -0.486 e. The Morgan fingerprint density at radius 3 is 2.50 bits per heavy atom. The lowest BCUT2D eigenvalue weighted by Gasteiger charge is -2.15. The van der Waals surface area contributed by atoms with E-state index in [1.807, 2.05) is 13.8 Å². The van der Waals surface area contributed by atoms with E-state index in [4.69, 9.17) is 27.9 Å². The Hall–Kier alpha value is -0.580. The summed E-state index contributed by atoms with van der Waals surface area (Å²) < 4.78 is 29.4. The number of nitrogens with one attached hydrogen (secondary N) is 1. The highest BCUT2D eigenvalue weighted by Crippen LogP contribution is 2.32. The molecule has 0 aromatic heterocycles. The van der Waals surface area contributed by atoms with Gasteiger partial charge >= 0.3 is 0 Å². The van der Waals surface area contributed by atoms with Crippen molar-refractivity contribution in [3.63, 3.8) is 0 Å². The molecule has 0 saturated heterocycles. The maximum absolute atomic E-state index is 12.2. The number of rotatable bonds is 6. The van der Waals surface area contributed by atoms with E-state index in [2.05, 4.69) is 5.32 Å². The summed E-state index contributed by atoms with van der Waals surface area (Å²) in [7, 11) is 0. The van der Waals surface area contributed by atoms with Crippen LogP contribution in [0.25, 0.3) is 0 Å². The number of ether oxygens (including phenoxy) is 1. The zero-order valence-corrected chi connectivity index (χ0v) is 11.7. The van der Waals surface area contributed by atoms with Gasteiger partial charge in [0.2, 0.25) is 0 Å². The molecule has 0 saturated carbocycles. The second-order valence-corrected chi connectivity index (χ2v) is 4.96. The molecular formula is C12H15Cl2F2NO. The van der Waals surface area contributed by atoms with Gasteiger partial charge in [-0.05, 0) is 12.1 Å². The highest BCUT2D eigenvalue weighted by atomic mass is 35.5. The van der Waals surface area contributed by atoms with Crippen LogP contribution in [-0.2, 0) is 6.54 Å². The van der Waals surface area contributed by atoms with E-state index in [-0.39, 0.29) is 16.8 Å². The van der Waals surface area contributed by atoms with E-state index in [0.29, 0.717) is 17.1 Å². The molecule has 0 heterocycles. The number of hydrogen-bond donors (Lipinski definition) is 1. The Labute approximate surface area is 115 Å². The molecule has 6 heteroatoms. The first-order valence-corrected chi connectivity index (χ1v) is 6.28. The Bertz CT molecular complexity index is 400. The van der Waals surface area contributed by atoms with Crippen LogP contribution < -0.4 is 10.1 Å². The first-order chi connectivity index (χ1) is 8.40. The quantitative estimate of drug-likeness (QED) is 0.852. The third-order valence-corrected chi connectivity index (χ3v) is 2.64. The van der Waals surface area contributed by atoms with Gasteiger partial charge in [0.15, 0.2) is 0 Å². The van der Waals surface area contributed by atoms with Crippen molar-refractivity contribution in [1.29, 1.82) is 0 Å². The molecule has 0 spiro atoms. The lowest BCUT2D eigenvalue weighted by atomic mass is 10.2.